The summed E-state index contributed by atoms with van der Waals surface area (Å²) >= 11 is 1.70. The second kappa shape index (κ2) is 8.99. The summed E-state index contributed by atoms with van der Waals surface area (Å²) in [5.41, 5.74) is 2.52. The minimum atomic E-state index is -0.0738. The summed E-state index contributed by atoms with van der Waals surface area (Å²) in [6.45, 7) is 6.36. The van der Waals surface area contributed by atoms with E-state index < -0.39 is 0 Å². The Kier molecular flexibility index (Phi) is 6.19. The number of piperidine rings is 1. The van der Waals surface area contributed by atoms with Crippen LogP contribution in [-0.2, 0) is 0 Å². The van der Waals surface area contributed by atoms with E-state index in [-0.39, 0.29) is 5.91 Å². The molecule has 1 amide bonds. The van der Waals surface area contributed by atoms with Gasteiger partial charge in [-0.15, -0.1) is 0 Å². The average molecular weight is 406 g/mol. The molecule has 29 heavy (non-hydrogen) atoms. The van der Waals surface area contributed by atoms with E-state index in [1.54, 1.807) is 11.9 Å². The lowest BCUT2D eigenvalue weighted by molar-refractivity contribution is 0.102. The van der Waals surface area contributed by atoms with Gasteiger partial charge in [0.2, 0.25) is 0 Å². The Bertz CT molecular complexity index is 1020. The largest absolute Gasteiger partial charge is 0.321 e. The maximum atomic E-state index is 12.8. The fourth-order valence-corrected chi connectivity index (χ4v) is 4.87. The summed E-state index contributed by atoms with van der Waals surface area (Å²) in [5.74, 6) is 0.533. The number of benzene rings is 3. The maximum Gasteiger partial charge on any atom is 0.255 e. The smallest absolute Gasteiger partial charge is 0.255 e. The SMILES string of the molecule is Cc1ccccc1C(=O)Nc1ccc(SNC2CCNCC2C)c2ccccc12. The van der Waals surface area contributed by atoms with Gasteiger partial charge in [-0.3, -0.25) is 9.52 Å². The Morgan fingerprint density at radius 1 is 1.03 bits per heavy atom. The van der Waals surface area contributed by atoms with Gasteiger partial charge in [0.1, 0.15) is 0 Å². The molecule has 1 aliphatic rings. The summed E-state index contributed by atoms with van der Waals surface area (Å²) in [7, 11) is 0. The summed E-state index contributed by atoms with van der Waals surface area (Å²) in [5, 5.41) is 8.75. The van der Waals surface area contributed by atoms with Crippen molar-refractivity contribution in [3.05, 3.63) is 71.8 Å². The summed E-state index contributed by atoms with van der Waals surface area (Å²) in [4.78, 5) is 14.0. The summed E-state index contributed by atoms with van der Waals surface area (Å²) in [6, 6.07) is 20.5. The van der Waals surface area contributed by atoms with E-state index in [0.717, 1.165) is 41.5 Å². The fraction of sp³-hybridized carbons (Fsp3) is 0.292. The minimum Gasteiger partial charge on any atom is -0.321 e. The van der Waals surface area contributed by atoms with Crippen molar-refractivity contribution in [2.75, 3.05) is 18.4 Å². The van der Waals surface area contributed by atoms with Gasteiger partial charge in [-0.05, 0) is 73.4 Å². The molecule has 3 aromatic rings. The topological polar surface area (TPSA) is 53.2 Å². The molecular weight excluding hydrogens is 378 g/mol. The van der Waals surface area contributed by atoms with Crippen molar-refractivity contribution >= 4 is 34.3 Å². The minimum absolute atomic E-state index is 0.0738. The van der Waals surface area contributed by atoms with Crippen LogP contribution < -0.4 is 15.4 Å². The Labute approximate surface area is 176 Å². The molecule has 0 bridgehead atoms. The molecule has 0 saturated carbocycles. The molecular formula is C24H27N3OS. The molecule has 0 radical (unpaired) electrons. The molecule has 4 nitrogen and oxygen atoms in total. The molecule has 0 aliphatic carbocycles. The first-order valence-corrected chi connectivity index (χ1v) is 11.0. The number of carbonyl (C=O) groups is 1. The van der Waals surface area contributed by atoms with Gasteiger partial charge >= 0.3 is 0 Å². The van der Waals surface area contributed by atoms with E-state index in [2.05, 4.69) is 40.5 Å². The molecule has 1 heterocycles. The second-order valence-corrected chi connectivity index (χ2v) is 8.60. The van der Waals surface area contributed by atoms with Gasteiger partial charge < -0.3 is 10.6 Å². The zero-order chi connectivity index (χ0) is 20.2. The van der Waals surface area contributed by atoms with Crippen LogP contribution in [0.25, 0.3) is 10.8 Å². The average Bonchev–Trinajstić information content (AvgIpc) is 2.74. The highest BCUT2D eigenvalue weighted by Gasteiger charge is 2.21. The quantitative estimate of drug-likeness (QED) is 0.523. The molecule has 1 aliphatic heterocycles. The number of nitrogens with one attached hydrogen (secondary N) is 3. The molecule has 3 aromatic carbocycles. The normalized spacial score (nSPS) is 19.2. The van der Waals surface area contributed by atoms with Crippen LogP contribution in [0.4, 0.5) is 5.69 Å². The van der Waals surface area contributed by atoms with Gasteiger partial charge in [0.05, 0.1) is 0 Å². The molecule has 2 atom stereocenters. The van der Waals surface area contributed by atoms with E-state index >= 15 is 0 Å². The fourth-order valence-electron chi connectivity index (χ4n) is 3.82. The van der Waals surface area contributed by atoms with Crippen LogP contribution >= 0.6 is 11.9 Å². The molecule has 4 rings (SSSR count). The molecule has 5 heteroatoms. The standard InChI is InChI=1S/C24H27N3OS/c1-16-7-3-4-8-18(16)24(28)26-22-11-12-23(20-10-6-5-9-19(20)22)29-27-21-13-14-25-15-17(21)2/h3-12,17,21,25,27H,13-15H2,1-2H3,(H,26,28). The molecule has 1 saturated heterocycles. The number of hydrogen-bond acceptors (Lipinski definition) is 4. The van der Waals surface area contributed by atoms with Crippen LogP contribution in [0.5, 0.6) is 0 Å². The highest BCUT2D eigenvalue weighted by molar-refractivity contribution is 7.97. The van der Waals surface area contributed by atoms with Gasteiger partial charge in [-0.2, -0.15) is 0 Å². The lowest BCUT2D eigenvalue weighted by Gasteiger charge is -2.30. The van der Waals surface area contributed by atoms with Crippen LogP contribution in [0.2, 0.25) is 0 Å². The summed E-state index contributed by atoms with van der Waals surface area (Å²) in [6.07, 6.45) is 1.14. The number of fused-ring (bicyclic) bond motifs is 1. The van der Waals surface area contributed by atoms with E-state index in [0.29, 0.717) is 17.5 Å². The first-order chi connectivity index (χ1) is 14.1. The van der Waals surface area contributed by atoms with Gasteiger partial charge in [0, 0.05) is 27.6 Å². The van der Waals surface area contributed by atoms with Crippen LogP contribution in [0.15, 0.2) is 65.6 Å². The van der Waals surface area contributed by atoms with Crippen molar-refractivity contribution in [2.45, 2.75) is 31.2 Å². The third-order valence-corrected chi connectivity index (χ3v) is 6.62. The Hall–Kier alpha value is -2.34. The third-order valence-electron chi connectivity index (χ3n) is 5.63. The van der Waals surface area contributed by atoms with Crippen LogP contribution in [0.3, 0.4) is 0 Å². The van der Waals surface area contributed by atoms with Crippen LogP contribution in [0, 0.1) is 12.8 Å². The zero-order valence-corrected chi connectivity index (χ0v) is 17.7. The van der Waals surface area contributed by atoms with Crippen molar-refractivity contribution in [2.24, 2.45) is 5.92 Å². The Morgan fingerprint density at radius 3 is 2.59 bits per heavy atom. The van der Waals surface area contributed by atoms with Crippen molar-refractivity contribution in [3.63, 3.8) is 0 Å². The van der Waals surface area contributed by atoms with Crippen molar-refractivity contribution < 1.29 is 4.79 Å². The molecule has 0 spiro atoms. The van der Waals surface area contributed by atoms with Gasteiger partial charge in [0.25, 0.3) is 5.91 Å². The van der Waals surface area contributed by atoms with Gasteiger partial charge in [-0.25, -0.2) is 0 Å². The second-order valence-electron chi connectivity index (χ2n) is 7.72. The van der Waals surface area contributed by atoms with Crippen molar-refractivity contribution in [1.29, 1.82) is 0 Å². The monoisotopic (exact) mass is 405 g/mol. The van der Waals surface area contributed by atoms with Gasteiger partial charge in [-0.1, -0.05) is 49.4 Å². The lowest BCUT2D eigenvalue weighted by Crippen LogP contribution is -2.44. The van der Waals surface area contributed by atoms with Gasteiger partial charge in [0.15, 0.2) is 0 Å². The Morgan fingerprint density at radius 2 is 1.79 bits per heavy atom. The number of anilines is 1. The number of aryl methyl sites for hydroxylation is 1. The van der Waals surface area contributed by atoms with Crippen molar-refractivity contribution in [3.8, 4) is 0 Å². The van der Waals surface area contributed by atoms with Crippen LogP contribution in [-0.4, -0.2) is 25.0 Å². The van der Waals surface area contributed by atoms with E-state index in [4.69, 9.17) is 0 Å². The highest BCUT2D eigenvalue weighted by Crippen LogP contribution is 2.33. The first kappa shape index (κ1) is 20.0. The zero-order valence-electron chi connectivity index (χ0n) is 16.9. The molecule has 2 unspecified atom stereocenters. The Balaban J connectivity index is 1.57. The highest BCUT2D eigenvalue weighted by atomic mass is 32.2. The number of carbonyl (C=O) groups excluding carboxylic acids is 1. The lowest BCUT2D eigenvalue weighted by atomic mass is 9.97. The van der Waals surface area contributed by atoms with E-state index in [1.807, 2.05) is 49.4 Å². The van der Waals surface area contributed by atoms with Crippen LogP contribution in [0.1, 0.15) is 29.3 Å². The number of hydrogen-bond donors (Lipinski definition) is 3. The summed E-state index contributed by atoms with van der Waals surface area (Å²) < 4.78 is 3.66. The molecule has 1 fully saturated rings. The molecule has 0 aromatic heterocycles. The maximum absolute atomic E-state index is 12.8. The molecule has 3 N–H and O–H groups in total. The number of rotatable bonds is 5. The third kappa shape index (κ3) is 4.47. The van der Waals surface area contributed by atoms with Crippen molar-refractivity contribution in [1.82, 2.24) is 10.0 Å². The predicted octanol–water partition coefficient (Wildman–Crippen LogP) is 5.00. The van der Waals surface area contributed by atoms with E-state index in [1.165, 1.54) is 4.90 Å². The molecule has 150 valence electrons. The first-order valence-electron chi connectivity index (χ1n) is 10.2. The predicted molar refractivity (Wildman–Crippen MR) is 123 cm³/mol. The number of amides is 1. The van der Waals surface area contributed by atoms with E-state index in [9.17, 15) is 4.79 Å².